The van der Waals surface area contributed by atoms with Gasteiger partial charge in [-0.15, -0.1) is 0 Å². The minimum atomic E-state index is -0.121. The highest BCUT2D eigenvalue weighted by Gasteiger charge is 2.33. The number of aromatic nitrogens is 1. The number of hydrogen-bond donors (Lipinski definition) is 1. The summed E-state index contributed by atoms with van der Waals surface area (Å²) in [5.74, 6) is 0.269. The monoisotopic (exact) mass is 486 g/mol. The quantitative estimate of drug-likeness (QED) is 0.298. The van der Waals surface area contributed by atoms with Crippen molar-refractivity contribution in [3.05, 3.63) is 76.9 Å². The number of ether oxygens (including phenoxy) is 1. The third-order valence-corrected chi connectivity index (χ3v) is 6.69. The topological polar surface area (TPSA) is 62.7 Å². The van der Waals surface area contributed by atoms with Gasteiger partial charge in [0.2, 0.25) is 0 Å². The molecule has 1 saturated carbocycles. The SMILES string of the molecule is COc1cc(-c2c(C(=O)C3CC3)cnc3ccc(-c4ccc(CN(C)C)cc4)cc23)cc(Cl)c1O. The van der Waals surface area contributed by atoms with E-state index in [0.29, 0.717) is 11.1 Å². The fourth-order valence-electron chi connectivity index (χ4n) is 4.48. The Morgan fingerprint density at radius 1 is 1.06 bits per heavy atom. The van der Waals surface area contributed by atoms with E-state index >= 15 is 0 Å². The summed E-state index contributed by atoms with van der Waals surface area (Å²) < 4.78 is 5.35. The van der Waals surface area contributed by atoms with E-state index in [2.05, 4.69) is 54.3 Å². The number of aromatic hydroxyl groups is 1. The first-order valence-electron chi connectivity index (χ1n) is 11.6. The van der Waals surface area contributed by atoms with Crippen molar-refractivity contribution in [3.8, 4) is 33.8 Å². The van der Waals surface area contributed by atoms with Gasteiger partial charge < -0.3 is 14.7 Å². The number of ketones is 1. The maximum Gasteiger partial charge on any atom is 0.176 e. The summed E-state index contributed by atoms with van der Waals surface area (Å²) in [4.78, 5) is 20.0. The largest absolute Gasteiger partial charge is 0.503 e. The molecule has 0 radical (unpaired) electrons. The van der Waals surface area contributed by atoms with Crippen LogP contribution in [-0.2, 0) is 6.54 Å². The predicted molar refractivity (Wildman–Crippen MR) is 140 cm³/mol. The zero-order valence-electron chi connectivity index (χ0n) is 20.0. The number of carbonyl (C=O) groups excluding carboxylic acids is 1. The van der Waals surface area contributed by atoms with Gasteiger partial charge in [0.05, 0.1) is 17.6 Å². The van der Waals surface area contributed by atoms with Gasteiger partial charge in [-0.3, -0.25) is 9.78 Å². The average molecular weight is 487 g/mol. The first kappa shape index (κ1) is 23.3. The molecule has 35 heavy (non-hydrogen) atoms. The molecule has 1 aliphatic rings. The molecule has 3 aromatic carbocycles. The number of benzene rings is 3. The molecular formula is C29H27ClN2O3. The van der Waals surface area contributed by atoms with Crippen molar-refractivity contribution in [1.29, 1.82) is 0 Å². The highest BCUT2D eigenvalue weighted by atomic mass is 35.5. The number of pyridine rings is 1. The number of fused-ring (bicyclic) bond motifs is 1. The number of Topliss-reactive ketones (excluding diaryl/α,β-unsaturated/α-hetero) is 1. The summed E-state index contributed by atoms with van der Waals surface area (Å²) in [6, 6.07) is 18.0. The lowest BCUT2D eigenvalue weighted by atomic mass is 9.91. The number of halogens is 1. The Labute approximate surface area is 209 Å². The molecule has 1 heterocycles. The van der Waals surface area contributed by atoms with Crippen molar-refractivity contribution in [2.24, 2.45) is 5.92 Å². The summed E-state index contributed by atoms with van der Waals surface area (Å²) >= 11 is 6.35. The van der Waals surface area contributed by atoms with Crippen molar-refractivity contribution >= 4 is 28.3 Å². The lowest BCUT2D eigenvalue weighted by Crippen LogP contribution is -2.10. The third-order valence-electron chi connectivity index (χ3n) is 6.40. The van der Waals surface area contributed by atoms with Crippen LogP contribution in [0.4, 0.5) is 0 Å². The molecule has 0 unspecified atom stereocenters. The van der Waals surface area contributed by atoms with Crippen molar-refractivity contribution in [3.63, 3.8) is 0 Å². The number of phenols is 1. The van der Waals surface area contributed by atoms with Crippen LogP contribution in [0.1, 0.15) is 28.8 Å². The van der Waals surface area contributed by atoms with Crippen LogP contribution in [0, 0.1) is 5.92 Å². The zero-order chi connectivity index (χ0) is 24.7. The van der Waals surface area contributed by atoms with Gasteiger partial charge in [-0.1, -0.05) is 41.9 Å². The number of methoxy groups -OCH3 is 1. The van der Waals surface area contributed by atoms with E-state index in [1.807, 2.05) is 12.1 Å². The van der Waals surface area contributed by atoms with Gasteiger partial charge in [0.1, 0.15) is 0 Å². The van der Waals surface area contributed by atoms with Crippen LogP contribution in [-0.4, -0.2) is 42.0 Å². The molecular weight excluding hydrogens is 460 g/mol. The predicted octanol–water partition coefficient (Wildman–Crippen LogP) is 6.59. The Balaban J connectivity index is 1.70. The van der Waals surface area contributed by atoms with Crippen molar-refractivity contribution in [2.75, 3.05) is 21.2 Å². The second-order valence-electron chi connectivity index (χ2n) is 9.36. The van der Waals surface area contributed by atoms with Gasteiger partial charge in [0, 0.05) is 35.2 Å². The van der Waals surface area contributed by atoms with Gasteiger partial charge in [-0.2, -0.15) is 0 Å². The van der Waals surface area contributed by atoms with E-state index in [9.17, 15) is 9.90 Å². The molecule has 4 aromatic rings. The normalized spacial score (nSPS) is 13.4. The molecule has 0 saturated heterocycles. The minimum absolute atomic E-state index is 0.0370. The Morgan fingerprint density at radius 2 is 1.77 bits per heavy atom. The number of hydrogen-bond acceptors (Lipinski definition) is 5. The van der Waals surface area contributed by atoms with Crippen LogP contribution in [0.5, 0.6) is 11.5 Å². The Morgan fingerprint density at radius 3 is 2.43 bits per heavy atom. The van der Waals surface area contributed by atoms with Crippen LogP contribution in [0.2, 0.25) is 5.02 Å². The number of carbonyl (C=O) groups is 1. The van der Waals surface area contributed by atoms with E-state index in [1.54, 1.807) is 18.3 Å². The minimum Gasteiger partial charge on any atom is -0.503 e. The highest BCUT2D eigenvalue weighted by molar-refractivity contribution is 6.32. The highest BCUT2D eigenvalue weighted by Crippen LogP contribution is 2.43. The van der Waals surface area contributed by atoms with Gasteiger partial charge in [-0.05, 0) is 73.5 Å². The first-order valence-corrected chi connectivity index (χ1v) is 12.0. The maximum atomic E-state index is 13.3. The molecule has 0 bridgehead atoms. The van der Waals surface area contributed by atoms with Gasteiger partial charge in [-0.25, -0.2) is 0 Å². The molecule has 0 aliphatic heterocycles. The Kier molecular flexibility index (Phi) is 6.22. The molecule has 1 N–H and O–H groups in total. The lowest BCUT2D eigenvalue weighted by molar-refractivity contribution is 0.0968. The van der Waals surface area contributed by atoms with Crippen molar-refractivity contribution < 1.29 is 14.6 Å². The maximum absolute atomic E-state index is 13.3. The van der Waals surface area contributed by atoms with E-state index in [-0.39, 0.29) is 28.2 Å². The summed E-state index contributed by atoms with van der Waals surface area (Å²) in [6.45, 7) is 0.877. The standard InChI is InChI=1S/C29H27ClN2O3/c1-32(2)16-17-4-6-18(7-5-17)20-10-11-25-22(12-20)27(23(15-31-25)28(33)19-8-9-19)21-13-24(30)29(34)26(14-21)35-3/h4-7,10-15,19,34H,8-9,16H2,1-3H3. The zero-order valence-corrected chi connectivity index (χ0v) is 20.8. The van der Waals surface area contributed by atoms with Crippen LogP contribution in [0.3, 0.4) is 0 Å². The Hall–Kier alpha value is -3.41. The van der Waals surface area contributed by atoms with Crippen molar-refractivity contribution in [2.45, 2.75) is 19.4 Å². The molecule has 0 atom stereocenters. The molecule has 1 aliphatic carbocycles. The molecule has 5 nitrogen and oxygen atoms in total. The van der Waals surface area contributed by atoms with E-state index < -0.39 is 0 Å². The molecule has 5 rings (SSSR count). The van der Waals surface area contributed by atoms with E-state index in [1.165, 1.54) is 12.7 Å². The lowest BCUT2D eigenvalue weighted by Gasteiger charge is -2.16. The Bertz CT molecular complexity index is 1430. The van der Waals surface area contributed by atoms with Gasteiger partial charge in [0.15, 0.2) is 17.3 Å². The number of phenolic OH excluding ortho intramolecular Hbond substituents is 1. The van der Waals surface area contributed by atoms with Crippen LogP contribution >= 0.6 is 11.6 Å². The fourth-order valence-corrected chi connectivity index (χ4v) is 4.69. The second-order valence-corrected chi connectivity index (χ2v) is 9.77. The van der Waals surface area contributed by atoms with Crippen LogP contribution in [0.25, 0.3) is 33.2 Å². The number of rotatable bonds is 7. The van der Waals surface area contributed by atoms with Gasteiger partial charge >= 0.3 is 0 Å². The molecule has 178 valence electrons. The first-order chi connectivity index (χ1) is 16.9. The molecule has 6 heteroatoms. The summed E-state index contributed by atoms with van der Waals surface area (Å²) in [5.41, 5.74) is 6.18. The number of nitrogens with zero attached hydrogens (tertiary/aromatic N) is 2. The smallest absolute Gasteiger partial charge is 0.176 e. The van der Waals surface area contributed by atoms with Crippen LogP contribution in [0.15, 0.2) is 60.8 Å². The molecule has 1 fully saturated rings. The van der Waals surface area contributed by atoms with Crippen molar-refractivity contribution in [1.82, 2.24) is 9.88 Å². The van der Waals surface area contributed by atoms with E-state index in [0.717, 1.165) is 47.0 Å². The molecule has 0 amide bonds. The molecule has 1 aromatic heterocycles. The summed E-state index contributed by atoms with van der Waals surface area (Å²) in [5, 5.41) is 11.3. The summed E-state index contributed by atoms with van der Waals surface area (Å²) in [6.07, 6.45) is 3.46. The van der Waals surface area contributed by atoms with Crippen LogP contribution < -0.4 is 4.74 Å². The van der Waals surface area contributed by atoms with E-state index in [4.69, 9.17) is 16.3 Å². The third kappa shape index (κ3) is 4.62. The van der Waals surface area contributed by atoms with Gasteiger partial charge in [0.25, 0.3) is 0 Å². The second kappa shape index (κ2) is 9.33. The average Bonchev–Trinajstić information content (AvgIpc) is 3.70. The molecule has 0 spiro atoms. The fraction of sp³-hybridized carbons (Fsp3) is 0.241. The summed E-state index contributed by atoms with van der Waals surface area (Å²) in [7, 11) is 5.59.